The van der Waals surface area contributed by atoms with E-state index in [0.717, 1.165) is 31.3 Å². The molecule has 1 saturated carbocycles. The first-order chi connectivity index (χ1) is 9.56. The molecule has 3 nitrogen and oxygen atoms in total. The molecule has 1 aliphatic carbocycles. The van der Waals surface area contributed by atoms with Crippen LogP contribution >= 0.6 is 0 Å². The Balaban J connectivity index is 1.80. The van der Waals surface area contributed by atoms with Gasteiger partial charge in [-0.2, -0.15) is 0 Å². The minimum atomic E-state index is 0.367. The molecule has 4 atom stereocenters. The molecule has 0 amide bonds. The number of nitrogens with two attached hydrogens (primary N) is 1. The molecule has 1 heterocycles. The van der Waals surface area contributed by atoms with E-state index in [-0.39, 0.29) is 0 Å². The fourth-order valence-electron chi connectivity index (χ4n) is 3.59. The quantitative estimate of drug-likeness (QED) is 0.898. The van der Waals surface area contributed by atoms with Gasteiger partial charge in [-0.25, -0.2) is 0 Å². The highest BCUT2D eigenvalue weighted by Gasteiger charge is 2.32. The second-order valence-corrected chi connectivity index (χ2v) is 6.71. The van der Waals surface area contributed by atoms with Crippen molar-refractivity contribution in [3.63, 3.8) is 0 Å². The number of nitrogens with zero attached hydrogens (tertiary/aromatic N) is 2. The van der Waals surface area contributed by atoms with E-state index in [4.69, 9.17) is 5.73 Å². The lowest BCUT2D eigenvalue weighted by molar-refractivity contribution is 0.130. The van der Waals surface area contributed by atoms with Gasteiger partial charge in [-0.1, -0.05) is 19.9 Å². The Hall–Kier alpha value is -0.930. The first-order valence-corrected chi connectivity index (χ1v) is 7.90. The second-order valence-electron chi connectivity index (χ2n) is 6.71. The molecule has 1 aliphatic rings. The summed E-state index contributed by atoms with van der Waals surface area (Å²) in [7, 11) is 2.21. The van der Waals surface area contributed by atoms with E-state index in [9.17, 15) is 0 Å². The molecule has 4 unspecified atom stereocenters. The summed E-state index contributed by atoms with van der Waals surface area (Å²) < 4.78 is 0. The lowest BCUT2D eigenvalue weighted by Crippen LogP contribution is -2.46. The standard InChI is InChI=1S/C17H29N3/c1-13-10-14(2)16(17(18)11-13)12-20(3)9-7-15-6-4-5-8-19-15/h4-6,8,13-14,16-17H,7,9-12,18H2,1-3H3. The van der Waals surface area contributed by atoms with Gasteiger partial charge in [-0.05, 0) is 49.8 Å². The fourth-order valence-corrected chi connectivity index (χ4v) is 3.59. The van der Waals surface area contributed by atoms with E-state index in [1.165, 1.54) is 18.5 Å². The van der Waals surface area contributed by atoms with Crippen LogP contribution in [0.15, 0.2) is 24.4 Å². The molecule has 112 valence electrons. The van der Waals surface area contributed by atoms with E-state index in [0.29, 0.717) is 12.0 Å². The average molecular weight is 275 g/mol. The van der Waals surface area contributed by atoms with Crippen molar-refractivity contribution in [2.45, 2.75) is 39.2 Å². The van der Waals surface area contributed by atoms with Crippen LogP contribution < -0.4 is 5.73 Å². The molecule has 20 heavy (non-hydrogen) atoms. The number of likely N-dealkylation sites (N-methyl/N-ethyl adjacent to an activating group) is 1. The van der Waals surface area contributed by atoms with Gasteiger partial charge in [-0.3, -0.25) is 4.98 Å². The summed E-state index contributed by atoms with van der Waals surface area (Å²) in [5.74, 6) is 2.17. The van der Waals surface area contributed by atoms with Crippen LogP contribution in [0.3, 0.4) is 0 Å². The van der Waals surface area contributed by atoms with Crippen LogP contribution in [0.5, 0.6) is 0 Å². The zero-order valence-electron chi connectivity index (χ0n) is 13.1. The van der Waals surface area contributed by atoms with Crippen LogP contribution in [0.2, 0.25) is 0 Å². The van der Waals surface area contributed by atoms with Gasteiger partial charge >= 0.3 is 0 Å². The van der Waals surface area contributed by atoms with Crippen molar-refractivity contribution in [3.05, 3.63) is 30.1 Å². The molecule has 0 aromatic carbocycles. The predicted octanol–water partition coefficient (Wildman–Crippen LogP) is 2.57. The summed E-state index contributed by atoms with van der Waals surface area (Å²) in [6.45, 7) is 6.87. The zero-order chi connectivity index (χ0) is 14.5. The highest BCUT2D eigenvalue weighted by atomic mass is 15.1. The van der Waals surface area contributed by atoms with E-state index in [1.807, 2.05) is 12.3 Å². The molecule has 2 rings (SSSR count). The Morgan fingerprint density at radius 3 is 2.75 bits per heavy atom. The number of rotatable bonds is 5. The van der Waals surface area contributed by atoms with Crippen molar-refractivity contribution < 1.29 is 0 Å². The van der Waals surface area contributed by atoms with Crippen LogP contribution in [-0.4, -0.2) is 36.1 Å². The van der Waals surface area contributed by atoms with Gasteiger partial charge < -0.3 is 10.6 Å². The maximum absolute atomic E-state index is 6.38. The third-order valence-corrected chi connectivity index (χ3v) is 4.73. The summed E-state index contributed by atoms with van der Waals surface area (Å²) >= 11 is 0. The van der Waals surface area contributed by atoms with Crippen molar-refractivity contribution in [1.29, 1.82) is 0 Å². The van der Waals surface area contributed by atoms with Gasteiger partial charge in [0.25, 0.3) is 0 Å². The van der Waals surface area contributed by atoms with E-state index >= 15 is 0 Å². The number of hydrogen-bond donors (Lipinski definition) is 1. The fraction of sp³-hybridized carbons (Fsp3) is 0.706. The maximum Gasteiger partial charge on any atom is 0.0416 e. The lowest BCUT2D eigenvalue weighted by atomic mass is 9.72. The van der Waals surface area contributed by atoms with Gasteiger partial charge in [0.1, 0.15) is 0 Å². The van der Waals surface area contributed by atoms with E-state index in [1.54, 1.807) is 0 Å². The van der Waals surface area contributed by atoms with Gasteiger partial charge in [0.15, 0.2) is 0 Å². The van der Waals surface area contributed by atoms with E-state index in [2.05, 4.69) is 42.9 Å². The molecular formula is C17H29N3. The third-order valence-electron chi connectivity index (χ3n) is 4.73. The van der Waals surface area contributed by atoms with Crippen LogP contribution in [-0.2, 0) is 6.42 Å². The highest BCUT2D eigenvalue weighted by Crippen LogP contribution is 2.33. The van der Waals surface area contributed by atoms with Crippen LogP contribution in [0.4, 0.5) is 0 Å². The van der Waals surface area contributed by atoms with Crippen molar-refractivity contribution >= 4 is 0 Å². The van der Waals surface area contributed by atoms with Crippen molar-refractivity contribution in [1.82, 2.24) is 9.88 Å². The van der Waals surface area contributed by atoms with Crippen LogP contribution in [0.25, 0.3) is 0 Å². The maximum atomic E-state index is 6.38. The minimum Gasteiger partial charge on any atom is -0.327 e. The Morgan fingerprint density at radius 1 is 1.30 bits per heavy atom. The minimum absolute atomic E-state index is 0.367. The smallest absolute Gasteiger partial charge is 0.0416 e. The first kappa shape index (κ1) is 15.5. The van der Waals surface area contributed by atoms with E-state index < -0.39 is 0 Å². The molecule has 2 N–H and O–H groups in total. The predicted molar refractivity (Wildman–Crippen MR) is 84.5 cm³/mol. The van der Waals surface area contributed by atoms with Crippen molar-refractivity contribution in [2.24, 2.45) is 23.5 Å². The molecule has 1 aromatic heterocycles. The molecule has 0 bridgehead atoms. The summed E-state index contributed by atoms with van der Waals surface area (Å²) in [5.41, 5.74) is 7.55. The van der Waals surface area contributed by atoms with Crippen LogP contribution in [0.1, 0.15) is 32.4 Å². The molecule has 1 aromatic rings. The molecule has 0 radical (unpaired) electrons. The van der Waals surface area contributed by atoms with Gasteiger partial charge in [0, 0.05) is 37.4 Å². The van der Waals surface area contributed by atoms with Crippen molar-refractivity contribution in [2.75, 3.05) is 20.1 Å². The number of pyridine rings is 1. The van der Waals surface area contributed by atoms with Gasteiger partial charge in [0.05, 0.1) is 0 Å². The largest absolute Gasteiger partial charge is 0.327 e. The first-order valence-electron chi connectivity index (χ1n) is 7.90. The van der Waals surface area contributed by atoms with Crippen LogP contribution in [0, 0.1) is 17.8 Å². The number of aromatic nitrogens is 1. The van der Waals surface area contributed by atoms with Gasteiger partial charge in [-0.15, -0.1) is 0 Å². The average Bonchev–Trinajstić information content (AvgIpc) is 2.42. The number of hydrogen-bond acceptors (Lipinski definition) is 3. The van der Waals surface area contributed by atoms with Crippen molar-refractivity contribution in [3.8, 4) is 0 Å². The SMILES string of the molecule is CC1CC(C)C(CN(C)CCc2ccccn2)C(N)C1. The molecule has 0 spiro atoms. The highest BCUT2D eigenvalue weighted by molar-refractivity contribution is 5.03. The Morgan fingerprint density at radius 2 is 2.10 bits per heavy atom. The summed E-state index contributed by atoms with van der Waals surface area (Å²) in [6.07, 6.45) is 5.40. The topological polar surface area (TPSA) is 42.2 Å². The summed E-state index contributed by atoms with van der Waals surface area (Å²) in [5, 5.41) is 0. The summed E-state index contributed by atoms with van der Waals surface area (Å²) in [6, 6.07) is 6.50. The Bertz CT molecular complexity index is 380. The normalized spacial score (nSPS) is 30.6. The monoisotopic (exact) mass is 275 g/mol. The molecule has 1 fully saturated rings. The van der Waals surface area contributed by atoms with Gasteiger partial charge in [0.2, 0.25) is 0 Å². The second kappa shape index (κ2) is 7.19. The Labute approximate surface area is 123 Å². The third kappa shape index (κ3) is 4.29. The lowest BCUT2D eigenvalue weighted by Gasteiger charge is -2.39. The molecule has 0 saturated heterocycles. The zero-order valence-corrected chi connectivity index (χ0v) is 13.1. The molecule has 0 aliphatic heterocycles. The summed E-state index contributed by atoms with van der Waals surface area (Å²) in [4.78, 5) is 6.81. The molecule has 3 heteroatoms. The Kier molecular flexibility index (Phi) is 5.55. The molecular weight excluding hydrogens is 246 g/mol.